The number of ether oxygens (including phenoxy) is 1. The van der Waals surface area contributed by atoms with Gasteiger partial charge < -0.3 is 4.74 Å². The molecule has 0 spiro atoms. The number of pyridine rings is 1. The highest BCUT2D eigenvalue weighted by molar-refractivity contribution is 5.71. The maximum absolute atomic E-state index is 12.3. The zero-order valence-electron chi connectivity index (χ0n) is 8.54. The molecule has 1 heterocycles. The summed E-state index contributed by atoms with van der Waals surface area (Å²) in [4.78, 5) is 14.4. The number of hydrogen-bond donors (Lipinski definition) is 0. The molecule has 1 aromatic rings. The van der Waals surface area contributed by atoms with Gasteiger partial charge in [0.2, 0.25) is 0 Å². The highest BCUT2D eigenvalue weighted by atomic mass is 19.4. The van der Waals surface area contributed by atoms with Crippen molar-refractivity contribution in [2.45, 2.75) is 19.5 Å². The molecule has 0 amide bonds. The first kappa shape index (κ1) is 12.5. The molecule has 1 aromatic heterocycles. The molecule has 0 fully saturated rings. The van der Waals surface area contributed by atoms with Crippen LogP contribution in [0.3, 0.4) is 0 Å². The molecule has 0 atom stereocenters. The van der Waals surface area contributed by atoms with Crippen molar-refractivity contribution in [3.63, 3.8) is 0 Å². The first-order chi connectivity index (χ1) is 7.43. The third-order valence-corrected chi connectivity index (χ3v) is 1.73. The van der Waals surface area contributed by atoms with Gasteiger partial charge in [-0.2, -0.15) is 13.2 Å². The van der Waals surface area contributed by atoms with Crippen LogP contribution in [0.25, 0.3) is 0 Å². The van der Waals surface area contributed by atoms with E-state index in [2.05, 4.69) is 9.72 Å². The van der Waals surface area contributed by atoms with Gasteiger partial charge in [0.05, 0.1) is 18.7 Å². The fraction of sp³-hybridized carbons (Fsp3) is 0.400. The normalized spacial score (nSPS) is 11.2. The molecule has 0 saturated carbocycles. The number of nitrogens with zero attached hydrogens (tertiary/aromatic N) is 1. The number of esters is 1. The fourth-order valence-corrected chi connectivity index (χ4v) is 1.10. The van der Waals surface area contributed by atoms with Gasteiger partial charge in [-0.05, 0) is 19.1 Å². The molecule has 0 unspecified atom stereocenters. The molecule has 88 valence electrons. The Bertz CT molecular complexity index is 377. The van der Waals surface area contributed by atoms with Crippen molar-refractivity contribution in [1.29, 1.82) is 0 Å². The number of halogens is 3. The van der Waals surface area contributed by atoms with Crippen LogP contribution in [0.2, 0.25) is 0 Å². The number of aromatic nitrogens is 1. The van der Waals surface area contributed by atoms with E-state index in [0.29, 0.717) is 0 Å². The average molecular weight is 233 g/mol. The van der Waals surface area contributed by atoms with E-state index in [1.165, 1.54) is 12.1 Å². The van der Waals surface area contributed by atoms with E-state index >= 15 is 0 Å². The van der Waals surface area contributed by atoms with Crippen LogP contribution in [0.5, 0.6) is 0 Å². The van der Waals surface area contributed by atoms with Gasteiger partial charge in [-0.3, -0.25) is 4.79 Å². The largest absolute Gasteiger partial charge is 0.466 e. The zero-order valence-corrected chi connectivity index (χ0v) is 8.54. The van der Waals surface area contributed by atoms with Crippen LogP contribution < -0.4 is 0 Å². The van der Waals surface area contributed by atoms with E-state index in [-0.39, 0.29) is 18.7 Å². The minimum atomic E-state index is -4.50. The molecule has 0 saturated heterocycles. The number of alkyl halides is 3. The van der Waals surface area contributed by atoms with Crippen LogP contribution in [-0.4, -0.2) is 17.6 Å². The summed E-state index contributed by atoms with van der Waals surface area (Å²) in [5.41, 5.74) is -0.956. The minimum Gasteiger partial charge on any atom is -0.466 e. The monoisotopic (exact) mass is 233 g/mol. The Morgan fingerprint density at radius 1 is 1.44 bits per heavy atom. The van der Waals surface area contributed by atoms with Gasteiger partial charge >= 0.3 is 12.1 Å². The van der Waals surface area contributed by atoms with Gasteiger partial charge in [0, 0.05) is 0 Å². The Morgan fingerprint density at radius 2 is 2.12 bits per heavy atom. The highest BCUT2D eigenvalue weighted by Gasteiger charge is 2.32. The van der Waals surface area contributed by atoms with Gasteiger partial charge in [-0.15, -0.1) is 0 Å². The molecule has 3 nitrogen and oxygen atoms in total. The lowest BCUT2D eigenvalue weighted by atomic mass is 10.2. The Balaban J connectivity index is 2.79. The molecule has 0 aliphatic carbocycles. The van der Waals surface area contributed by atoms with Gasteiger partial charge in [-0.1, -0.05) is 6.07 Å². The van der Waals surface area contributed by atoms with Gasteiger partial charge in [0.1, 0.15) is 5.69 Å². The first-order valence-corrected chi connectivity index (χ1v) is 4.62. The molecule has 1 rings (SSSR count). The zero-order chi connectivity index (χ0) is 12.2. The molecule has 16 heavy (non-hydrogen) atoms. The Kier molecular flexibility index (Phi) is 3.87. The lowest BCUT2D eigenvalue weighted by molar-refractivity contribution is -0.144. The Labute approximate surface area is 90.2 Å². The molecule has 0 radical (unpaired) electrons. The standard InChI is InChI=1S/C10H10F3NO2/c1-2-16-9(15)6-7-4-3-5-8(14-7)10(11,12)13/h3-5H,2,6H2,1H3. The van der Waals surface area contributed by atoms with Crippen molar-refractivity contribution in [2.24, 2.45) is 0 Å². The van der Waals surface area contributed by atoms with Crippen LogP contribution in [-0.2, 0) is 22.1 Å². The lowest BCUT2D eigenvalue weighted by Crippen LogP contribution is -2.12. The SMILES string of the molecule is CCOC(=O)Cc1cccc(C(F)(F)F)n1. The van der Waals surface area contributed by atoms with Gasteiger partial charge in [-0.25, -0.2) is 4.98 Å². The summed E-state index contributed by atoms with van der Waals surface area (Å²) in [5.74, 6) is -0.589. The van der Waals surface area contributed by atoms with Crippen molar-refractivity contribution in [1.82, 2.24) is 4.98 Å². The second kappa shape index (κ2) is 4.96. The summed E-state index contributed by atoms with van der Waals surface area (Å²) < 4.78 is 41.4. The number of carbonyl (C=O) groups excluding carboxylic acids is 1. The summed E-state index contributed by atoms with van der Waals surface area (Å²) in [7, 11) is 0. The van der Waals surface area contributed by atoms with Crippen LogP contribution in [0.15, 0.2) is 18.2 Å². The van der Waals surface area contributed by atoms with Crippen LogP contribution in [0.1, 0.15) is 18.3 Å². The van der Waals surface area contributed by atoms with Crippen molar-refractivity contribution < 1.29 is 22.7 Å². The van der Waals surface area contributed by atoms with E-state index < -0.39 is 17.8 Å². The van der Waals surface area contributed by atoms with E-state index in [0.717, 1.165) is 6.07 Å². The third kappa shape index (κ3) is 3.52. The maximum Gasteiger partial charge on any atom is 0.433 e. The smallest absolute Gasteiger partial charge is 0.433 e. The average Bonchev–Trinajstić information content (AvgIpc) is 2.17. The minimum absolute atomic E-state index is 0.0493. The lowest BCUT2D eigenvalue weighted by Gasteiger charge is -2.07. The van der Waals surface area contributed by atoms with Crippen molar-refractivity contribution >= 4 is 5.97 Å². The molecule has 0 aliphatic heterocycles. The first-order valence-electron chi connectivity index (χ1n) is 4.62. The summed E-state index contributed by atoms with van der Waals surface area (Å²) in [6.45, 7) is 1.81. The van der Waals surface area contributed by atoms with Crippen LogP contribution in [0, 0.1) is 0 Å². The van der Waals surface area contributed by atoms with Gasteiger partial charge in [0.15, 0.2) is 0 Å². The second-order valence-corrected chi connectivity index (χ2v) is 2.99. The summed E-state index contributed by atoms with van der Waals surface area (Å²) in [6.07, 6.45) is -4.75. The maximum atomic E-state index is 12.3. The highest BCUT2D eigenvalue weighted by Crippen LogP contribution is 2.27. The van der Waals surface area contributed by atoms with E-state index in [1.54, 1.807) is 6.92 Å². The molecular formula is C10H10F3NO2. The van der Waals surface area contributed by atoms with Crippen molar-refractivity contribution in [2.75, 3.05) is 6.61 Å². The van der Waals surface area contributed by atoms with Crippen LogP contribution in [0.4, 0.5) is 13.2 Å². The molecule has 0 bridgehead atoms. The molecule has 0 aliphatic rings. The molecule has 0 aromatic carbocycles. The van der Waals surface area contributed by atoms with E-state index in [9.17, 15) is 18.0 Å². The van der Waals surface area contributed by atoms with E-state index in [4.69, 9.17) is 0 Å². The predicted molar refractivity (Wildman–Crippen MR) is 49.6 cm³/mol. The Hall–Kier alpha value is -1.59. The van der Waals surface area contributed by atoms with E-state index in [1.807, 2.05) is 0 Å². The van der Waals surface area contributed by atoms with Crippen molar-refractivity contribution in [3.8, 4) is 0 Å². The molecular weight excluding hydrogens is 223 g/mol. The van der Waals surface area contributed by atoms with Crippen molar-refractivity contribution in [3.05, 3.63) is 29.6 Å². The molecule has 0 N–H and O–H groups in total. The number of rotatable bonds is 3. The van der Waals surface area contributed by atoms with Gasteiger partial charge in [0.25, 0.3) is 0 Å². The van der Waals surface area contributed by atoms with Crippen LogP contribution >= 0.6 is 0 Å². The predicted octanol–water partition coefficient (Wildman–Crippen LogP) is 2.21. The second-order valence-electron chi connectivity index (χ2n) is 2.99. The summed E-state index contributed by atoms with van der Waals surface area (Å²) in [6, 6.07) is 3.42. The topological polar surface area (TPSA) is 39.2 Å². The number of carbonyl (C=O) groups is 1. The Morgan fingerprint density at radius 3 is 2.69 bits per heavy atom. The summed E-state index contributed by atoms with van der Waals surface area (Å²) in [5, 5.41) is 0. The quantitative estimate of drug-likeness (QED) is 0.751. The number of hydrogen-bond acceptors (Lipinski definition) is 3. The summed E-state index contributed by atoms with van der Waals surface area (Å²) >= 11 is 0. The fourth-order valence-electron chi connectivity index (χ4n) is 1.10. The molecule has 6 heteroatoms. The third-order valence-electron chi connectivity index (χ3n) is 1.73.